The molecule has 18 heavy (non-hydrogen) atoms. The molecule has 0 bridgehead atoms. The van der Waals surface area contributed by atoms with E-state index in [0.29, 0.717) is 32.0 Å². The Kier molecular flexibility index (Phi) is 7.32. The standard InChI is InChI=1S/C13H20FNO3/c1-16-6-3-7-17-8-9-18-13-11(10-15)4-2-5-12(13)14/h2,4-5H,3,6-10,15H2,1H3. The molecule has 0 radical (unpaired) electrons. The highest BCUT2D eigenvalue weighted by molar-refractivity contribution is 5.34. The summed E-state index contributed by atoms with van der Waals surface area (Å²) in [5.41, 5.74) is 6.17. The van der Waals surface area contributed by atoms with Gasteiger partial charge in [0.05, 0.1) is 6.61 Å². The average molecular weight is 257 g/mol. The van der Waals surface area contributed by atoms with E-state index in [0.717, 1.165) is 6.42 Å². The molecule has 4 nitrogen and oxygen atoms in total. The molecule has 0 saturated heterocycles. The molecular formula is C13H20FNO3. The van der Waals surface area contributed by atoms with Gasteiger partial charge in [-0.25, -0.2) is 4.39 Å². The van der Waals surface area contributed by atoms with Gasteiger partial charge in [0.15, 0.2) is 11.6 Å². The Bertz CT molecular complexity index is 347. The van der Waals surface area contributed by atoms with E-state index in [1.807, 2.05) is 0 Å². The van der Waals surface area contributed by atoms with E-state index in [1.165, 1.54) is 6.07 Å². The second kappa shape index (κ2) is 8.85. The number of ether oxygens (including phenoxy) is 3. The molecule has 0 amide bonds. The van der Waals surface area contributed by atoms with Gasteiger partial charge >= 0.3 is 0 Å². The highest BCUT2D eigenvalue weighted by Gasteiger charge is 2.08. The maximum absolute atomic E-state index is 13.5. The second-order valence-electron chi connectivity index (χ2n) is 3.74. The van der Waals surface area contributed by atoms with Crippen LogP contribution in [-0.4, -0.2) is 33.5 Å². The van der Waals surface area contributed by atoms with Gasteiger partial charge in [0, 0.05) is 32.4 Å². The number of methoxy groups -OCH3 is 1. The lowest BCUT2D eigenvalue weighted by Crippen LogP contribution is -2.11. The Labute approximate surface area is 107 Å². The number of hydrogen-bond acceptors (Lipinski definition) is 4. The molecule has 0 aliphatic heterocycles. The van der Waals surface area contributed by atoms with E-state index in [9.17, 15) is 4.39 Å². The fraction of sp³-hybridized carbons (Fsp3) is 0.538. The molecule has 0 fully saturated rings. The number of rotatable bonds is 9. The minimum atomic E-state index is -0.391. The lowest BCUT2D eigenvalue weighted by Gasteiger charge is -2.11. The van der Waals surface area contributed by atoms with Crippen LogP contribution in [0.4, 0.5) is 4.39 Å². The van der Waals surface area contributed by atoms with Crippen molar-refractivity contribution in [3.8, 4) is 5.75 Å². The average Bonchev–Trinajstić information content (AvgIpc) is 2.39. The van der Waals surface area contributed by atoms with Gasteiger partial charge in [-0.05, 0) is 12.5 Å². The van der Waals surface area contributed by atoms with Gasteiger partial charge in [0.25, 0.3) is 0 Å². The van der Waals surface area contributed by atoms with Crippen molar-refractivity contribution >= 4 is 0 Å². The molecule has 0 aliphatic carbocycles. The van der Waals surface area contributed by atoms with E-state index in [1.54, 1.807) is 19.2 Å². The van der Waals surface area contributed by atoms with Crippen LogP contribution in [0.25, 0.3) is 0 Å². The van der Waals surface area contributed by atoms with Gasteiger partial charge in [-0.1, -0.05) is 12.1 Å². The fourth-order valence-electron chi connectivity index (χ4n) is 1.49. The number of halogens is 1. The summed E-state index contributed by atoms with van der Waals surface area (Å²) in [6.45, 7) is 2.26. The summed E-state index contributed by atoms with van der Waals surface area (Å²) in [7, 11) is 1.65. The summed E-state index contributed by atoms with van der Waals surface area (Å²) in [6, 6.07) is 4.72. The van der Waals surface area contributed by atoms with Crippen LogP contribution >= 0.6 is 0 Å². The van der Waals surface area contributed by atoms with Crippen molar-refractivity contribution in [2.45, 2.75) is 13.0 Å². The number of benzene rings is 1. The van der Waals surface area contributed by atoms with Crippen molar-refractivity contribution < 1.29 is 18.6 Å². The summed E-state index contributed by atoms with van der Waals surface area (Å²) in [5, 5.41) is 0. The van der Waals surface area contributed by atoms with Crippen LogP contribution in [0.15, 0.2) is 18.2 Å². The molecule has 1 rings (SSSR count). The molecule has 102 valence electrons. The number of para-hydroxylation sites is 1. The molecule has 0 heterocycles. The van der Waals surface area contributed by atoms with Crippen molar-refractivity contribution in [3.05, 3.63) is 29.6 Å². The van der Waals surface area contributed by atoms with Crippen molar-refractivity contribution in [1.82, 2.24) is 0 Å². The van der Waals surface area contributed by atoms with Gasteiger partial charge in [-0.15, -0.1) is 0 Å². The van der Waals surface area contributed by atoms with E-state index in [-0.39, 0.29) is 12.3 Å². The molecular weight excluding hydrogens is 237 g/mol. The van der Waals surface area contributed by atoms with E-state index in [2.05, 4.69) is 0 Å². The monoisotopic (exact) mass is 257 g/mol. The molecule has 0 unspecified atom stereocenters. The summed E-state index contributed by atoms with van der Waals surface area (Å²) in [5.74, 6) is -0.169. The minimum Gasteiger partial charge on any atom is -0.488 e. The van der Waals surface area contributed by atoms with E-state index in [4.69, 9.17) is 19.9 Å². The molecule has 0 spiro atoms. The van der Waals surface area contributed by atoms with E-state index >= 15 is 0 Å². The molecule has 0 atom stereocenters. The normalized spacial score (nSPS) is 10.6. The number of nitrogens with two attached hydrogens (primary N) is 1. The van der Waals surface area contributed by atoms with Gasteiger partial charge in [0.2, 0.25) is 0 Å². The quantitative estimate of drug-likeness (QED) is 0.684. The third kappa shape index (κ3) is 5.00. The summed E-state index contributed by atoms with van der Waals surface area (Å²) < 4.78 is 29.0. The third-order valence-electron chi connectivity index (χ3n) is 2.38. The zero-order valence-corrected chi connectivity index (χ0v) is 10.7. The second-order valence-corrected chi connectivity index (χ2v) is 3.74. The van der Waals surface area contributed by atoms with Gasteiger partial charge in [-0.3, -0.25) is 0 Å². The van der Waals surface area contributed by atoms with Crippen LogP contribution in [0.3, 0.4) is 0 Å². The fourth-order valence-corrected chi connectivity index (χ4v) is 1.49. The van der Waals surface area contributed by atoms with Crippen molar-refractivity contribution in [2.24, 2.45) is 5.73 Å². The lowest BCUT2D eigenvalue weighted by molar-refractivity contribution is 0.0794. The van der Waals surface area contributed by atoms with Crippen LogP contribution in [0.1, 0.15) is 12.0 Å². The first kappa shape index (κ1) is 14.9. The largest absolute Gasteiger partial charge is 0.488 e. The van der Waals surface area contributed by atoms with Gasteiger partial charge in [0.1, 0.15) is 6.61 Å². The molecule has 5 heteroatoms. The summed E-state index contributed by atoms with van der Waals surface area (Å²) in [4.78, 5) is 0. The van der Waals surface area contributed by atoms with Crippen LogP contribution in [-0.2, 0) is 16.0 Å². The number of hydrogen-bond donors (Lipinski definition) is 1. The first-order valence-corrected chi connectivity index (χ1v) is 5.96. The van der Waals surface area contributed by atoms with Crippen LogP contribution in [0, 0.1) is 5.82 Å². The predicted octanol–water partition coefficient (Wildman–Crippen LogP) is 1.72. The molecule has 0 saturated carbocycles. The predicted molar refractivity (Wildman–Crippen MR) is 67.1 cm³/mol. The molecule has 1 aromatic rings. The maximum Gasteiger partial charge on any atom is 0.165 e. The Morgan fingerprint density at radius 1 is 1.17 bits per heavy atom. The molecule has 2 N–H and O–H groups in total. The minimum absolute atomic E-state index is 0.223. The molecule has 1 aromatic carbocycles. The Morgan fingerprint density at radius 2 is 2.00 bits per heavy atom. The molecule has 0 aliphatic rings. The topological polar surface area (TPSA) is 53.7 Å². The van der Waals surface area contributed by atoms with E-state index < -0.39 is 5.82 Å². The zero-order valence-electron chi connectivity index (χ0n) is 10.7. The Balaban J connectivity index is 2.26. The maximum atomic E-state index is 13.5. The van der Waals surface area contributed by atoms with Crippen LogP contribution < -0.4 is 10.5 Å². The van der Waals surface area contributed by atoms with Gasteiger partial charge < -0.3 is 19.9 Å². The van der Waals surface area contributed by atoms with Crippen LogP contribution in [0.5, 0.6) is 5.75 Å². The van der Waals surface area contributed by atoms with Crippen molar-refractivity contribution in [3.63, 3.8) is 0 Å². The Morgan fingerprint density at radius 3 is 2.72 bits per heavy atom. The first-order chi connectivity index (χ1) is 8.79. The lowest BCUT2D eigenvalue weighted by atomic mass is 10.2. The molecule has 0 aromatic heterocycles. The van der Waals surface area contributed by atoms with Crippen LogP contribution in [0.2, 0.25) is 0 Å². The highest BCUT2D eigenvalue weighted by Crippen LogP contribution is 2.21. The third-order valence-corrected chi connectivity index (χ3v) is 2.38. The summed E-state index contributed by atoms with van der Waals surface area (Å²) in [6.07, 6.45) is 0.838. The first-order valence-electron chi connectivity index (χ1n) is 5.96. The van der Waals surface area contributed by atoms with Crippen molar-refractivity contribution in [2.75, 3.05) is 33.5 Å². The smallest absolute Gasteiger partial charge is 0.165 e. The van der Waals surface area contributed by atoms with Crippen molar-refractivity contribution in [1.29, 1.82) is 0 Å². The SMILES string of the molecule is COCCCOCCOc1c(F)cccc1CN. The highest BCUT2D eigenvalue weighted by atomic mass is 19.1. The summed E-state index contributed by atoms with van der Waals surface area (Å²) >= 11 is 0. The Hall–Kier alpha value is -1.17. The zero-order chi connectivity index (χ0) is 13.2. The van der Waals surface area contributed by atoms with Gasteiger partial charge in [-0.2, -0.15) is 0 Å².